The second-order valence-electron chi connectivity index (χ2n) is 7.57. The Kier molecular flexibility index (Phi) is 7.26. The number of ether oxygens (including phenoxy) is 1. The van der Waals surface area contributed by atoms with Crippen molar-refractivity contribution in [1.82, 2.24) is 9.37 Å². The molecule has 2 aromatic carbocycles. The molecule has 31 heavy (non-hydrogen) atoms. The van der Waals surface area contributed by atoms with Gasteiger partial charge in [0.15, 0.2) is 0 Å². The third-order valence-corrected chi connectivity index (χ3v) is 7.64. The van der Waals surface area contributed by atoms with Crippen molar-refractivity contribution in [3.8, 4) is 5.75 Å². The number of hydrogen-bond donors (Lipinski definition) is 0. The molecule has 0 saturated carbocycles. The first-order valence-electron chi connectivity index (χ1n) is 10.00. The van der Waals surface area contributed by atoms with E-state index < -0.39 is 10.0 Å². The number of benzene rings is 2. The lowest BCUT2D eigenvalue weighted by Gasteiger charge is -2.33. The molecule has 7 nitrogen and oxygen atoms in total. The zero-order chi connectivity index (χ0) is 22.8. The van der Waals surface area contributed by atoms with Crippen molar-refractivity contribution < 1.29 is 22.8 Å². The molecular formula is C22H27ClN2O5S. The molecule has 0 N–H and O–H groups in total. The van der Waals surface area contributed by atoms with Crippen LogP contribution in [0.4, 0.5) is 0 Å². The molecule has 9 heteroatoms. The average Bonchev–Trinajstić information content (AvgIpc) is 2.76. The lowest BCUT2D eigenvalue weighted by Crippen LogP contribution is -2.42. The lowest BCUT2D eigenvalue weighted by molar-refractivity contribution is -0.0258. The molecule has 0 bridgehead atoms. The van der Waals surface area contributed by atoms with Crippen molar-refractivity contribution in [2.75, 3.05) is 27.2 Å². The molecule has 1 heterocycles. The molecular weight excluding hydrogens is 440 g/mol. The van der Waals surface area contributed by atoms with Gasteiger partial charge in [0.1, 0.15) is 16.7 Å². The summed E-state index contributed by atoms with van der Waals surface area (Å²) in [5.41, 5.74) is 2.45. The number of amides is 1. The lowest BCUT2D eigenvalue weighted by atomic mass is 10.1. The summed E-state index contributed by atoms with van der Waals surface area (Å²) in [6.07, 6.45) is 1.43. The number of para-hydroxylation sites is 1. The van der Waals surface area contributed by atoms with E-state index >= 15 is 0 Å². The van der Waals surface area contributed by atoms with Gasteiger partial charge in [-0.2, -0.15) is 0 Å². The van der Waals surface area contributed by atoms with Crippen LogP contribution in [0, 0.1) is 13.8 Å². The minimum absolute atomic E-state index is 0.0281. The van der Waals surface area contributed by atoms with Crippen LogP contribution in [0.1, 0.15) is 34.3 Å². The highest BCUT2D eigenvalue weighted by atomic mass is 35.5. The second kappa shape index (κ2) is 9.56. The number of piperidine rings is 1. The molecule has 0 aliphatic carbocycles. The Labute approximate surface area is 188 Å². The number of hydrogen-bond acceptors (Lipinski definition) is 5. The largest absolute Gasteiger partial charge is 0.490 e. The molecule has 1 aliphatic heterocycles. The van der Waals surface area contributed by atoms with E-state index in [-0.39, 0.29) is 27.5 Å². The first kappa shape index (κ1) is 23.5. The van der Waals surface area contributed by atoms with E-state index in [2.05, 4.69) is 0 Å². The average molecular weight is 467 g/mol. The predicted molar refractivity (Wildman–Crippen MR) is 119 cm³/mol. The van der Waals surface area contributed by atoms with Crippen LogP contribution >= 0.6 is 11.6 Å². The van der Waals surface area contributed by atoms with Crippen molar-refractivity contribution in [3.63, 3.8) is 0 Å². The molecule has 0 spiro atoms. The molecule has 168 valence electrons. The highest BCUT2D eigenvalue weighted by Crippen LogP contribution is 2.28. The molecule has 0 unspecified atom stereocenters. The fourth-order valence-corrected chi connectivity index (χ4v) is 5.06. The minimum atomic E-state index is -3.97. The van der Waals surface area contributed by atoms with E-state index in [1.807, 2.05) is 32.0 Å². The summed E-state index contributed by atoms with van der Waals surface area (Å²) in [6.45, 7) is 5.09. The molecule has 1 aliphatic rings. The van der Waals surface area contributed by atoms with E-state index in [1.54, 1.807) is 4.90 Å². The summed E-state index contributed by atoms with van der Waals surface area (Å²) in [7, 11) is -1.46. The summed E-state index contributed by atoms with van der Waals surface area (Å²) in [4.78, 5) is 19.3. The summed E-state index contributed by atoms with van der Waals surface area (Å²) < 4.78 is 32.1. The van der Waals surface area contributed by atoms with Gasteiger partial charge < -0.3 is 9.64 Å². The fraction of sp³-hybridized carbons (Fsp3) is 0.409. The molecule has 1 amide bonds. The van der Waals surface area contributed by atoms with Gasteiger partial charge in [0.05, 0.1) is 12.1 Å². The highest BCUT2D eigenvalue weighted by Gasteiger charge is 2.28. The van der Waals surface area contributed by atoms with Crippen LogP contribution in [-0.4, -0.2) is 57.0 Å². The maximum absolute atomic E-state index is 13.0. The zero-order valence-electron chi connectivity index (χ0n) is 18.1. The van der Waals surface area contributed by atoms with E-state index in [9.17, 15) is 13.2 Å². The predicted octanol–water partition coefficient (Wildman–Crippen LogP) is 3.82. The van der Waals surface area contributed by atoms with E-state index in [0.717, 1.165) is 16.9 Å². The van der Waals surface area contributed by atoms with E-state index in [4.69, 9.17) is 21.2 Å². The van der Waals surface area contributed by atoms with Gasteiger partial charge in [0, 0.05) is 38.5 Å². The number of aryl methyl sites for hydroxylation is 2. The SMILES string of the molecule is CON(C)S(=O)(=O)c1cc(C(=O)N2CCC(Oc3c(C)cccc3C)CC2)ccc1Cl. The number of likely N-dealkylation sites (tertiary alicyclic amines) is 1. The molecule has 1 saturated heterocycles. The number of carbonyl (C=O) groups is 1. The molecule has 3 rings (SSSR count). The topological polar surface area (TPSA) is 76.2 Å². The monoisotopic (exact) mass is 466 g/mol. The van der Waals surface area contributed by atoms with Crippen LogP contribution in [0.25, 0.3) is 0 Å². The normalized spacial score (nSPS) is 15.4. The summed E-state index contributed by atoms with van der Waals surface area (Å²) in [5.74, 6) is 0.667. The third-order valence-electron chi connectivity index (χ3n) is 5.47. The third kappa shape index (κ3) is 5.03. The van der Waals surface area contributed by atoms with Gasteiger partial charge in [0.2, 0.25) is 0 Å². The van der Waals surface area contributed by atoms with Gasteiger partial charge in [-0.05, 0) is 43.2 Å². The Morgan fingerprint density at radius 1 is 1.13 bits per heavy atom. The van der Waals surface area contributed by atoms with Gasteiger partial charge in [-0.3, -0.25) is 9.63 Å². The Hall–Kier alpha value is -2.13. The van der Waals surface area contributed by atoms with E-state index in [0.29, 0.717) is 30.4 Å². The van der Waals surface area contributed by atoms with Crippen molar-refractivity contribution >= 4 is 27.5 Å². The molecule has 1 fully saturated rings. The van der Waals surface area contributed by atoms with Crippen molar-refractivity contribution in [1.29, 1.82) is 0 Å². The van der Waals surface area contributed by atoms with E-state index in [1.165, 1.54) is 32.4 Å². The molecule has 0 aromatic heterocycles. The molecule has 0 radical (unpaired) electrons. The van der Waals surface area contributed by atoms with Gasteiger partial charge in [-0.1, -0.05) is 34.3 Å². The first-order valence-corrected chi connectivity index (χ1v) is 11.8. The Bertz CT molecular complexity index is 1050. The zero-order valence-corrected chi connectivity index (χ0v) is 19.7. The van der Waals surface area contributed by atoms with Crippen LogP contribution in [0.5, 0.6) is 5.75 Å². The summed E-state index contributed by atoms with van der Waals surface area (Å²) in [5, 5.41) is 0.0289. The number of carbonyl (C=O) groups excluding carboxylic acids is 1. The van der Waals surface area contributed by atoms with Crippen LogP contribution in [0.2, 0.25) is 5.02 Å². The van der Waals surface area contributed by atoms with Crippen molar-refractivity contribution in [3.05, 3.63) is 58.1 Å². The molecule has 0 atom stereocenters. The Morgan fingerprint density at radius 3 is 2.32 bits per heavy atom. The number of sulfonamides is 1. The van der Waals surface area contributed by atoms with Gasteiger partial charge >= 0.3 is 0 Å². The highest BCUT2D eigenvalue weighted by molar-refractivity contribution is 7.89. The number of hydroxylamine groups is 1. The van der Waals surface area contributed by atoms with Crippen LogP contribution in [0.3, 0.4) is 0 Å². The minimum Gasteiger partial charge on any atom is -0.490 e. The van der Waals surface area contributed by atoms with Crippen LogP contribution in [0.15, 0.2) is 41.3 Å². The smallest absolute Gasteiger partial charge is 0.266 e. The quantitative estimate of drug-likeness (QED) is 0.605. The number of nitrogens with zero attached hydrogens (tertiary/aromatic N) is 2. The fourth-order valence-electron chi connectivity index (χ4n) is 3.58. The maximum atomic E-state index is 13.0. The Morgan fingerprint density at radius 2 is 1.74 bits per heavy atom. The standard InChI is InChI=1S/C22H27ClN2O5S/c1-15-6-5-7-16(2)21(15)30-18-10-12-25(13-11-18)22(26)17-8-9-19(23)20(14-17)31(27,28)24(3)29-4/h5-9,14,18H,10-13H2,1-4H3. The van der Waals surface area contributed by atoms with Gasteiger partial charge in [-0.15, -0.1) is 0 Å². The molecule has 2 aromatic rings. The summed E-state index contributed by atoms with van der Waals surface area (Å²) >= 11 is 6.09. The Balaban J connectivity index is 1.71. The van der Waals surface area contributed by atoms with Crippen molar-refractivity contribution in [2.45, 2.75) is 37.7 Å². The van der Waals surface area contributed by atoms with Gasteiger partial charge in [0.25, 0.3) is 15.9 Å². The van der Waals surface area contributed by atoms with Gasteiger partial charge in [-0.25, -0.2) is 8.42 Å². The first-order chi connectivity index (χ1) is 14.6. The number of rotatable bonds is 6. The van der Waals surface area contributed by atoms with Crippen LogP contribution in [-0.2, 0) is 14.9 Å². The maximum Gasteiger partial charge on any atom is 0.266 e. The summed E-state index contributed by atoms with van der Waals surface area (Å²) in [6, 6.07) is 10.3. The van der Waals surface area contributed by atoms with Crippen molar-refractivity contribution in [2.24, 2.45) is 0 Å². The number of halogens is 1. The second-order valence-corrected chi connectivity index (χ2v) is 9.88. The van der Waals surface area contributed by atoms with Crippen LogP contribution < -0.4 is 4.74 Å².